The van der Waals surface area contributed by atoms with Crippen molar-refractivity contribution in [3.63, 3.8) is 0 Å². The maximum atomic E-state index is 13.4. The van der Waals surface area contributed by atoms with E-state index in [9.17, 15) is 4.39 Å². The molecule has 1 rings (SSSR count). The number of hydrogen-bond donors (Lipinski definition) is 1. The van der Waals surface area contributed by atoms with Crippen LogP contribution in [-0.4, -0.2) is 33.4 Å². The minimum Gasteiger partial charge on any atom is -0.494 e. The van der Waals surface area contributed by atoms with Crippen molar-refractivity contribution in [2.45, 2.75) is 13.3 Å². The van der Waals surface area contributed by atoms with E-state index < -0.39 is 0 Å². The third-order valence-electron chi connectivity index (χ3n) is 2.42. The van der Waals surface area contributed by atoms with E-state index in [2.05, 4.69) is 12.2 Å². The van der Waals surface area contributed by atoms with Gasteiger partial charge in [-0.05, 0) is 30.7 Å². The number of rotatable bonds is 8. The number of halogens is 1. The van der Waals surface area contributed by atoms with Gasteiger partial charge in [0.1, 0.15) is 0 Å². The molecule has 0 aromatic heterocycles. The molecule has 0 radical (unpaired) electrons. The van der Waals surface area contributed by atoms with Gasteiger partial charge in [0.2, 0.25) is 0 Å². The third-order valence-corrected chi connectivity index (χ3v) is 2.42. The molecule has 0 amide bonds. The van der Waals surface area contributed by atoms with Crippen LogP contribution in [0, 0.1) is 5.82 Å². The van der Waals surface area contributed by atoms with Crippen LogP contribution in [0.2, 0.25) is 0 Å². The third kappa shape index (κ3) is 5.15. The molecule has 4 heteroatoms. The highest BCUT2D eigenvalue weighted by Crippen LogP contribution is 2.17. The SMILES string of the molecule is CCNCCOCCc1ccc(OC)c(F)c1. The van der Waals surface area contributed by atoms with Crippen LogP contribution in [0.4, 0.5) is 4.39 Å². The average Bonchev–Trinajstić information content (AvgIpc) is 2.34. The number of benzene rings is 1. The predicted molar refractivity (Wildman–Crippen MR) is 66.0 cm³/mol. The maximum Gasteiger partial charge on any atom is 0.165 e. The van der Waals surface area contributed by atoms with Gasteiger partial charge >= 0.3 is 0 Å². The first kappa shape index (κ1) is 13.9. The monoisotopic (exact) mass is 241 g/mol. The first-order valence-electron chi connectivity index (χ1n) is 5.88. The lowest BCUT2D eigenvalue weighted by Crippen LogP contribution is -2.19. The fourth-order valence-corrected chi connectivity index (χ4v) is 1.48. The van der Waals surface area contributed by atoms with Crippen molar-refractivity contribution in [1.82, 2.24) is 5.32 Å². The smallest absolute Gasteiger partial charge is 0.165 e. The lowest BCUT2D eigenvalue weighted by Gasteiger charge is -2.06. The van der Waals surface area contributed by atoms with Gasteiger partial charge in [0.05, 0.1) is 20.3 Å². The van der Waals surface area contributed by atoms with Crippen molar-refractivity contribution in [3.8, 4) is 5.75 Å². The highest BCUT2D eigenvalue weighted by atomic mass is 19.1. The van der Waals surface area contributed by atoms with Crippen LogP contribution in [0.3, 0.4) is 0 Å². The molecule has 0 aliphatic heterocycles. The minimum atomic E-state index is -0.322. The zero-order valence-electron chi connectivity index (χ0n) is 10.5. The summed E-state index contributed by atoms with van der Waals surface area (Å²) in [6.07, 6.45) is 0.715. The van der Waals surface area contributed by atoms with Crippen molar-refractivity contribution in [2.75, 3.05) is 33.4 Å². The molecular formula is C13H20FNO2. The second kappa shape index (κ2) is 8.03. The summed E-state index contributed by atoms with van der Waals surface area (Å²) < 4.78 is 23.6. The molecule has 0 atom stereocenters. The summed E-state index contributed by atoms with van der Waals surface area (Å²) >= 11 is 0. The van der Waals surface area contributed by atoms with Gasteiger partial charge in [-0.25, -0.2) is 4.39 Å². The second-order valence-corrected chi connectivity index (χ2v) is 3.68. The molecule has 0 heterocycles. The Labute approximate surface area is 102 Å². The van der Waals surface area contributed by atoms with Gasteiger partial charge in [0.25, 0.3) is 0 Å². The summed E-state index contributed by atoms with van der Waals surface area (Å²) in [7, 11) is 1.46. The molecule has 0 saturated heterocycles. The largest absolute Gasteiger partial charge is 0.494 e. The van der Waals surface area contributed by atoms with E-state index in [4.69, 9.17) is 9.47 Å². The van der Waals surface area contributed by atoms with Crippen molar-refractivity contribution < 1.29 is 13.9 Å². The molecule has 0 bridgehead atoms. The average molecular weight is 241 g/mol. The Morgan fingerprint density at radius 1 is 1.29 bits per heavy atom. The molecule has 17 heavy (non-hydrogen) atoms. The lowest BCUT2D eigenvalue weighted by molar-refractivity contribution is 0.139. The Balaban J connectivity index is 2.25. The summed E-state index contributed by atoms with van der Waals surface area (Å²) in [5.74, 6) is -0.0422. The van der Waals surface area contributed by atoms with Crippen molar-refractivity contribution in [3.05, 3.63) is 29.6 Å². The molecule has 0 unspecified atom stereocenters. The van der Waals surface area contributed by atoms with Crippen LogP contribution in [0.1, 0.15) is 12.5 Å². The normalized spacial score (nSPS) is 10.5. The zero-order valence-corrected chi connectivity index (χ0v) is 10.5. The summed E-state index contributed by atoms with van der Waals surface area (Å²) in [6.45, 7) is 5.16. The quantitative estimate of drug-likeness (QED) is 0.706. The summed E-state index contributed by atoms with van der Waals surface area (Å²) in [5.41, 5.74) is 0.923. The maximum absolute atomic E-state index is 13.4. The number of hydrogen-bond acceptors (Lipinski definition) is 3. The second-order valence-electron chi connectivity index (χ2n) is 3.68. The molecule has 0 saturated carbocycles. The molecule has 1 aromatic rings. The Hall–Kier alpha value is -1.13. The fraction of sp³-hybridized carbons (Fsp3) is 0.538. The van der Waals surface area contributed by atoms with E-state index in [1.165, 1.54) is 13.2 Å². The number of methoxy groups -OCH3 is 1. The molecular weight excluding hydrogens is 221 g/mol. The van der Waals surface area contributed by atoms with Gasteiger partial charge in [-0.2, -0.15) is 0 Å². The molecule has 1 N–H and O–H groups in total. The molecule has 0 aliphatic rings. The Kier molecular flexibility index (Phi) is 6.58. The Morgan fingerprint density at radius 2 is 2.12 bits per heavy atom. The predicted octanol–water partition coefficient (Wildman–Crippen LogP) is 2.00. The molecule has 0 aliphatic carbocycles. The Bertz CT molecular complexity index is 331. The highest BCUT2D eigenvalue weighted by molar-refractivity contribution is 5.29. The van der Waals surface area contributed by atoms with Gasteiger partial charge in [0.15, 0.2) is 11.6 Å². The van der Waals surface area contributed by atoms with E-state index in [-0.39, 0.29) is 11.6 Å². The first-order chi connectivity index (χ1) is 8.27. The van der Waals surface area contributed by atoms with Gasteiger partial charge in [0, 0.05) is 6.54 Å². The van der Waals surface area contributed by atoms with Crippen LogP contribution in [0.5, 0.6) is 5.75 Å². The number of likely N-dealkylation sites (N-methyl/N-ethyl adjacent to an activating group) is 1. The van der Waals surface area contributed by atoms with Gasteiger partial charge in [-0.3, -0.25) is 0 Å². The fourth-order valence-electron chi connectivity index (χ4n) is 1.48. The van der Waals surface area contributed by atoms with Crippen LogP contribution in [-0.2, 0) is 11.2 Å². The summed E-state index contributed by atoms with van der Waals surface area (Å²) in [4.78, 5) is 0. The van der Waals surface area contributed by atoms with E-state index in [1.807, 2.05) is 6.07 Å². The highest BCUT2D eigenvalue weighted by Gasteiger charge is 2.03. The van der Waals surface area contributed by atoms with Crippen molar-refractivity contribution in [1.29, 1.82) is 0 Å². The topological polar surface area (TPSA) is 30.5 Å². The molecule has 0 fully saturated rings. The number of nitrogens with one attached hydrogen (secondary N) is 1. The number of ether oxygens (including phenoxy) is 2. The van der Waals surface area contributed by atoms with Crippen LogP contribution >= 0.6 is 0 Å². The van der Waals surface area contributed by atoms with Crippen LogP contribution in [0.25, 0.3) is 0 Å². The molecule has 96 valence electrons. The van der Waals surface area contributed by atoms with Crippen LogP contribution in [0.15, 0.2) is 18.2 Å². The molecule has 3 nitrogen and oxygen atoms in total. The molecule has 1 aromatic carbocycles. The first-order valence-corrected chi connectivity index (χ1v) is 5.88. The standard InChI is InChI=1S/C13H20FNO2/c1-3-15-7-9-17-8-6-11-4-5-13(16-2)12(14)10-11/h4-5,10,15H,3,6-9H2,1-2H3. The van der Waals surface area contributed by atoms with E-state index in [0.717, 1.165) is 18.7 Å². The minimum absolute atomic E-state index is 0.279. The molecule has 0 spiro atoms. The van der Waals surface area contributed by atoms with E-state index in [1.54, 1.807) is 6.07 Å². The summed E-state index contributed by atoms with van der Waals surface area (Å²) in [6, 6.07) is 4.99. The van der Waals surface area contributed by atoms with Gasteiger partial charge in [-0.15, -0.1) is 0 Å². The van der Waals surface area contributed by atoms with Gasteiger partial charge in [-0.1, -0.05) is 13.0 Å². The van der Waals surface area contributed by atoms with Crippen LogP contribution < -0.4 is 10.1 Å². The summed E-state index contributed by atoms with van der Waals surface area (Å²) in [5, 5.41) is 3.17. The van der Waals surface area contributed by atoms with Crippen molar-refractivity contribution >= 4 is 0 Å². The Morgan fingerprint density at radius 3 is 2.76 bits per heavy atom. The zero-order chi connectivity index (χ0) is 12.5. The lowest BCUT2D eigenvalue weighted by atomic mass is 10.1. The van der Waals surface area contributed by atoms with E-state index >= 15 is 0 Å². The van der Waals surface area contributed by atoms with Crippen molar-refractivity contribution in [2.24, 2.45) is 0 Å². The van der Waals surface area contributed by atoms with Gasteiger partial charge < -0.3 is 14.8 Å². The van der Waals surface area contributed by atoms with E-state index in [0.29, 0.717) is 19.6 Å².